The normalized spacial score (nSPS) is 12.2. The molecule has 0 saturated carbocycles. The molecule has 3 heteroatoms. The zero-order valence-corrected chi connectivity index (χ0v) is 22.3. The summed E-state index contributed by atoms with van der Waals surface area (Å²) < 4.78 is 0. The van der Waals surface area contributed by atoms with Crippen LogP contribution < -0.4 is 0 Å². The molecule has 2 unspecified atom stereocenters. The molecule has 0 bridgehead atoms. The summed E-state index contributed by atoms with van der Waals surface area (Å²) in [5.41, 5.74) is 0. The molecule has 0 rings (SSSR count). The number of aliphatic hydroxyl groups excluding tert-OH is 3. The molecule has 0 amide bonds. The van der Waals surface area contributed by atoms with E-state index in [9.17, 15) is 10.2 Å². The molecule has 0 fully saturated rings. The highest BCUT2D eigenvalue weighted by Gasteiger charge is 1.99. The van der Waals surface area contributed by atoms with Gasteiger partial charge in [-0.2, -0.15) is 0 Å². The van der Waals surface area contributed by atoms with Gasteiger partial charge < -0.3 is 15.3 Å². The second kappa shape index (κ2) is 28.8. The molecule has 198 valence electrons. The third-order valence-electron chi connectivity index (χ3n) is 5.78. The van der Waals surface area contributed by atoms with Crippen LogP contribution in [-0.2, 0) is 0 Å². The Balaban J connectivity index is 3.36. The van der Waals surface area contributed by atoms with E-state index in [0.717, 1.165) is 38.5 Å². The monoisotopic (exact) mass is 492 g/mol. The Morgan fingerprint density at radius 1 is 0.667 bits per heavy atom. The predicted octanol–water partition coefficient (Wildman–Crippen LogP) is 6.48. The fourth-order valence-corrected chi connectivity index (χ4v) is 3.67. The summed E-state index contributed by atoms with van der Waals surface area (Å²) in [4.78, 5) is 0. The standard InChI is InChI=1S/C33H48O3/c1-2-32(35)28-24-21-19-17-15-13-11-9-7-5-3-4-6-8-10-12-14-16-18-20-22-25-29-33(36)30-26-23-27-31-34/h1,3-4,24,28,32-36H,6,8-22,25,29,31H2. The van der Waals surface area contributed by atoms with Gasteiger partial charge in [0.25, 0.3) is 0 Å². The molecule has 36 heavy (non-hydrogen) atoms. The van der Waals surface area contributed by atoms with Gasteiger partial charge in [0.05, 0.1) is 0 Å². The Morgan fingerprint density at radius 3 is 1.89 bits per heavy atom. The van der Waals surface area contributed by atoms with Gasteiger partial charge in [-0.3, -0.25) is 0 Å². The first kappa shape index (κ1) is 33.6. The van der Waals surface area contributed by atoms with E-state index in [2.05, 4.69) is 47.5 Å². The van der Waals surface area contributed by atoms with Crippen molar-refractivity contribution < 1.29 is 15.3 Å². The fourth-order valence-electron chi connectivity index (χ4n) is 3.67. The average Bonchev–Trinajstić information content (AvgIpc) is 2.88. The van der Waals surface area contributed by atoms with E-state index < -0.39 is 12.2 Å². The molecular formula is C33H48O3. The topological polar surface area (TPSA) is 60.7 Å². The smallest absolute Gasteiger partial charge is 0.133 e. The lowest BCUT2D eigenvalue weighted by atomic mass is 10.0. The molecule has 3 nitrogen and oxygen atoms in total. The maximum absolute atomic E-state index is 9.71. The van der Waals surface area contributed by atoms with Crippen LogP contribution >= 0.6 is 0 Å². The Hall–Kier alpha value is -2.40. The van der Waals surface area contributed by atoms with Crippen LogP contribution in [0.3, 0.4) is 0 Å². The molecule has 0 aliphatic rings. The van der Waals surface area contributed by atoms with E-state index in [-0.39, 0.29) is 6.61 Å². The van der Waals surface area contributed by atoms with E-state index in [1.807, 2.05) is 12.2 Å². The number of hydrogen-bond donors (Lipinski definition) is 3. The maximum atomic E-state index is 9.71. The van der Waals surface area contributed by atoms with Crippen molar-refractivity contribution in [1.82, 2.24) is 0 Å². The van der Waals surface area contributed by atoms with Crippen molar-refractivity contribution in [3.63, 3.8) is 0 Å². The van der Waals surface area contributed by atoms with E-state index in [1.165, 1.54) is 70.6 Å². The first-order valence-electron chi connectivity index (χ1n) is 13.9. The van der Waals surface area contributed by atoms with Crippen LogP contribution in [-0.4, -0.2) is 34.1 Å². The largest absolute Gasteiger partial charge is 0.384 e. The lowest BCUT2D eigenvalue weighted by molar-refractivity contribution is 0.217. The fraction of sp³-hybridized carbons (Fsp3) is 0.636. The van der Waals surface area contributed by atoms with E-state index in [1.54, 1.807) is 6.08 Å². The van der Waals surface area contributed by atoms with Crippen molar-refractivity contribution >= 4 is 0 Å². The van der Waals surface area contributed by atoms with Crippen LogP contribution in [0.2, 0.25) is 0 Å². The number of aliphatic hydroxyl groups is 3. The molecule has 0 radical (unpaired) electrons. The number of terminal acetylenes is 1. The lowest BCUT2D eigenvalue weighted by Gasteiger charge is -2.04. The summed E-state index contributed by atoms with van der Waals surface area (Å²) in [6.07, 6.45) is 32.5. The average molecular weight is 493 g/mol. The molecule has 0 aliphatic heterocycles. The van der Waals surface area contributed by atoms with E-state index in [0.29, 0.717) is 6.42 Å². The van der Waals surface area contributed by atoms with Gasteiger partial charge in [-0.25, -0.2) is 0 Å². The van der Waals surface area contributed by atoms with Gasteiger partial charge in [-0.15, -0.1) is 6.42 Å². The third-order valence-corrected chi connectivity index (χ3v) is 5.78. The quantitative estimate of drug-likeness (QED) is 0.104. The molecule has 0 aromatic carbocycles. The van der Waals surface area contributed by atoms with Crippen molar-refractivity contribution in [3.8, 4) is 47.9 Å². The number of hydrogen-bond acceptors (Lipinski definition) is 3. The van der Waals surface area contributed by atoms with Crippen molar-refractivity contribution in [2.45, 2.75) is 128 Å². The van der Waals surface area contributed by atoms with Crippen molar-refractivity contribution in [3.05, 3.63) is 24.3 Å². The third kappa shape index (κ3) is 27.8. The van der Waals surface area contributed by atoms with Gasteiger partial charge in [0, 0.05) is 6.42 Å². The summed E-state index contributed by atoms with van der Waals surface area (Å²) in [6.45, 7) is -0.192. The molecular weight excluding hydrogens is 444 g/mol. The molecule has 0 heterocycles. The minimum atomic E-state index is -0.740. The maximum Gasteiger partial charge on any atom is 0.133 e. The van der Waals surface area contributed by atoms with Gasteiger partial charge in [-0.05, 0) is 68.9 Å². The van der Waals surface area contributed by atoms with Crippen LogP contribution in [0, 0.1) is 47.9 Å². The van der Waals surface area contributed by atoms with Crippen LogP contribution in [0.25, 0.3) is 0 Å². The van der Waals surface area contributed by atoms with E-state index in [4.69, 9.17) is 11.5 Å². The zero-order chi connectivity index (χ0) is 26.4. The summed E-state index contributed by atoms with van der Waals surface area (Å²) in [5.74, 6) is 18.9. The molecule has 3 N–H and O–H groups in total. The highest BCUT2D eigenvalue weighted by atomic mass is 16.3. The van der Waals surface area contributed by atoms with Crippen LogP contribution in [0.5, 0.6) is 0 Å². The highest BCUT2D eigenvalue weighted by molar-refractivity contribution is 5.27. The number of allylic oxidation sites excluding steroid dienone is 3. The van der Waals surface area contributed by atoms with Crippen molar-refractivity contribution in [1.29, 1.82) is 0 Å². The van der Waals surface area contributed by atoms with Crippen molar-refractivity contribution in [2.75, 3.05) is 6.61 Å². The Labute approximate surface area is 221 Å². The summed E-state index contributed by atoms with van der Waals surface area (Å²) in [6, 6.07) is 0. The Kier molecular flexibility index (Phi) is 26.9. The van der Waals surface area contributed by atoms with Gasteiger partial charge in [0.2, 0.25) is 0 Å². The second-order valence-corrected chi connectivity index (χ2v) is 9.07. The SMILES string of the molecule is C#CC(O)C=CCCCCCCCC#CC=CCCCCCCCCCCCC(O)C#CC#CCO. The van der Waals surface area contributed by atoms with Gasteiger partial charge in [0.15, 0.2) is 0 Å². The van der Waals surface area contributed by atoms with Gasteiger partial charge in [0.1, 0.15) is 18.8 Å². The van der Waals surface area contributed by atoms with Crippen LogP contribution in [0.4, 0.5) is 0 Å². The van der Waals surface area contributed by atoms with Crippen LogP contribution in [0.15, 0.2) is 24.3 Å². The first-order valence-corrected chi connectivity index (χ1v) is 13.9. The summed E-state index contributed by atoms with van der Waals surface area (Å²) in [7, 11) is 0. The number of unbranched alkanes of at least 4 members (excludes halogenated alkanes) is 15. The van der Waals surface area contributed by atoms with Crippen molar-refractivity contribution in [2.24, 2.45) is 0 Å². The minimum absolute atomic E-state index is 0.192. The van der Waals surface area contributed by atoms with Crippen LogP contribution in [0.1, 0.15) is 116 Å². The van der Waals surface area contributed by atoms with E-state index >= 15 is 0 Å². The molecule has 0 aromatic heterocycles. The highest BCUT2D eigenvalue weighted by Crippen LogP contribution is 2.12. The zero-order valence-electron chi connectivity index (χ0n) is 22.3. The Morgan fingerprint density at radius 2 is 1.25 bits per heavy atom. The van der Waals surface area contributed by atoms with Gasteiger partial charge in [-0.1, -0.05) is 106 Å². The summed E-state index contributed by atoms with van der Waals surface area (Å²) >= 11 is 0. The molecule has 2 atom stereocenters. The molecule has 0 spiro atoms. The Bertz CT molecular complexity index is 782. The first-order chi connectivity index (χ1) is 17.7. The molecule has 0 aromatic rings. The molecule has 0 aliphatic carbocycles. The lowest BCUT2D eigenvalue weighted by Crippen LogP contribution is -2.01. The molecule has 0 saturated heterocycles. The second-order valence-electron chi connectivity index (χ2n) is 9.07. The summed E-state index contributed by atoms with van der Waals surface area (Å²) in [5, 5.41) is 27.4. The predicted molar refractivity (Wildman–Crippen MR) is 153 cm³/mol. The van der Waals surface area contributed by atoms with Gasteiger partial charge >= 0.3 is 0 Å². The number of rotatable bonds is 20. The minimum Gasteiger partial charge on any atom is -0.384 e.